The molecule has 2 aromatic carbocycles. The van der Waals surface area contributed by atoms with Crippen LogP contribution in [0.4, 0.5) is 13.2 Å². The molecule has 0 unspecified atom stereocenters. The molecule has 1 heterocycles. The summed E-state index contributed by atoms with van der Waals surface area (Å²) in [5.41, 5.74) is 0.426. The minimum atomic E-state index is -4.67. The van der Waals surface area contributed by atoms with E-state index in [1.54, 1.807) is 18.2 Å². The number of hydrogen-bond acceptors (Lipinski definition) is 1. The molecule has 0 saturated carbocycles. The fourth-order valence-electron chi connectivity index (χ4n) is 2.48. The summed E-state index contributed by atoms with van der Waals surface area (Å²) >= 11 is 18.3. The van der Waals surface area contributed by atoms with Crippen molar-refractivity contribution in [3.05, 3.63) is 69.2 Å². The van der Waals surface area contributed by atoms with Crippen molar-refractivity contribution in [2.24, 2.45) is 0 Å². The molecule has 0 saturated heterocycles. The maximum Gasteiger partial charge on any atom is 0.479 e. The van der Waals surface area contributed by atoms with Crippen molar-refractivity contribution in [3.63, 3.8) is 0 Å². The van der Waals surface area contributed by atoms with Gasteiger partial charge in [0.25, 0.3) is 0 Å². The molecule has 3 nitrogen and oxygen atoms in total. The van der Waals surface area contributed by atoms with Crippen LogP contribution in [-0.4, -0.2) is 9.67 Å². The SMILES string of the molecule is Cc1nc(C(F)(F)F)n(-c2ccccc2)[n+]1-c1c(Cl)cc(Cl)cc1Cl. The fourth-order valence-corrected chi connectivity index (χ4v) is 3.45. The molecule has 0 atom stereocenters. The van der Waals surface area contributed by atoms with Crippen LogP contribution in [0.25, 0.3) is 11.4 Å². The highest BCUT2D eigenvalue weighted by atomic mass is 35.5. The molecule has 0 aliphatic rings. The molecule has 0 spiro atoms. The third-order valence-corrected chi connectivity index (χ3v) is 4.22. The smallest absolute Gasteiger partial charge is 0.161 e. The second-order valence-corrected chi connectivity index (χ2v) is 6.41. The molecule has 1 aromatic heterocycles. The predicted octanol–water partition coefficient (Wildman–Crippen LogP) is 5.44. The van der Waals surface area contributed by atoms with Gasteiger partial charge < -0.3 is 0 Å². The second kappa shape index (κ2) is 6.52. The van der Waals surface area contributed by atoms with E-state index in [1.165, 1.54) is 35.9 Å². The number of para-hydroxylation sites is 1. The zero-order valence-corrected chi connectivity index (χ0v) is 14.9. The normalized spacial score (nSPS) is 11.8. The number of aromatic nitrogens is 3. The molecule has 130 valence electrons. The van der Waals surface area contributed by atoms with E-state index in [0.29, 0.717) is 0 Å². The summed E-state index contributed by atoms with van der Waals surface area (Å²) < 4.78 is 42.7. The van der Waals surface area contributed by atoms with Gasteiger partial charge >= 0.3 is 17.8 Å². The molecule has 0 bridgehead atoms. The van der Waals surface area contributed by atoms with Crippen LogP contribution < -0.4 is 4.68 Å². The molecule has 0 amide bonds. The lowest BCUT2D eigenvalue weighted by molar-refractivity contribution is -0.682. The van der Waals surface area contributed by atoms with Crippen LogP contribution in [0.1, 0.15) is 11.6 Å². The van der Waals surface area contributed by atoms with Gasteiger partial charge in [0, 0.05) is 11.9 Å². The van der Waals surface area contributed by atoms with Crippen LogP contribution in [-0.2, 0) is 6.18 Å². The van der Waals surface area contributed by atoms with Crippen LogP contribution in [0, 0.1) is 6.92 Å². The first-order valence-electron chi connectivity index (χ1n) is 6.99. The Labute approximate surface area is 156 Å². The second-order valence-electron chi connectivity index (χ2n) is 5.16. The zero-order valence-electron chi connectivity index (χ0n) is 12.7. The molecule has 0 fully saturated rings. The maximum absolute atomic E-state index is 13.5. The molecule has 3 rings (SSSR count). The average Bonchev–Trinajstić information content (AvgIpc) is 2.85. The predicted molar refractivity (Wildman–Crippen MR) is 89.9 cm³/mol. The number of rotatable bonds is 2. The van der Waals surface area contributed by atoms with Gasteiger partial charge in [0.05, 0.1) is 15.7 Å². The van der Waals surface area contributed by atoms with Crippen molar-refractivity contribution >= 4 is 34.8 Å². The zero-order chi connectivity index (χ0) is 18.4. The highest BCUT2D eigenvalue weighted by Gasteiger charge is 2.46. The van der Waals surface area contributed by atoms with Gasteiger partial charge in [0.1, 0.15) is 0 Å². The van der Waals surface area contributed by atoms with Crippen molar-refractivity contribution < 1.29 is 17.9 Å². The molecule has 25 heavy (non-hydrogen) atoms. The van der Waals surface area contributed by atoms with Gasteiger partial charge in [-0.2, -0.15) is 13.2 Å². The van der Waals surface area contributed by atoms with E-state index in [9.17, 15) is 13.2 Å². The number of nitrogens with zero attached hydrogens (tertiary/aromatic N) is 3. The van der Waals surface area contributed by atoms with Crippen LogP contribution in [0.3, 0.4) is 0 Å². The van der Waals surface area contributed by atoms with E-state index >= 15 is 0 Å². The van der Waals surface area contributed by atoms with E-state index in [1.807, 2.05) is 0 Å². The first-order valence-corrected chi connectivity index (χ1v) is 8.12. The summed E-state index contributed by atoms with van der Waals surface area (Å²) in [6, 6.07) is 10.8. The lowest BCUT2D eigenvalue weighted by Gasteiger charge is -2.11. The van der Waals surface area contributed by atoms with Crippen LogP contribution in [0.2, 0.25) is 15.1 Å². The summed E-state index contributed by atoms with van der Waals surface area (Å²) in [4.78, 5) is 3.69. The van der Waals surface area contributed by atoms with Gasteiger partial charge in [-0.25, -0.2) is 0 Å². The number of halogens is 6. The van der Waals surface area contributed by atoms with Crippen molar-refractivity contribution in [2.45, 2.75) is 13.1 Å². The number of hydrogen-bond donors (Lipinski definition) is 0. The van der Waals surface area contributed by atoms with Crippen molar-refractivity contribution in [1.82, 2.24) is 9.67 Å². The standard InChI is InChI=1S/C16H10Cl3F3N3/c1-9-23-15(16(20,21)22)25(11-5-3-2-4-6-11)24(9)14-12(18)7-10(17)8-13(14)19/h2-8H,1H3/q+1. The van der Waals surface area contributed by atoms with Crippen LogP contribution >= 0.6 is 34.8 Å². The Morgan fingerprint density at radius 1 is 1.00 bits per heavy atom. The van der Waals surface area contributed by atoms with Gasteiger partial charge in [-0.3, -0.25) is 0 Å². The van der Waals surface area contributed by atoms with Crippen molar-refractivity contribution in [3.8, 4) is 11.4 Å². The average molecular weight is 408 g/mol. The molecule has 9 heteroatoms. The molecule has 3 aromatic rings. The van der Waals surface area contributed by atoms with E-state index in [-0.39, 0.29) is 32.3 Å². The topological polar surface area (TPSA) is 21.7 Å². The van der Waals surface area contributed by atoms with E-state index in [4.69, 9.17) is 34.8 Å². The summed E-state index contributed by atoms with van der Waals surface area (Å²) in [5, 5.41) is 0.492. The van der Waals surface area contributed by atoms with E-state index in [2.05, 4.69) is 4.98 Å². The largest absolute Gasteiger partial charge is 0.479 e. The van der Waals surface area contributed by atoms with Crippen molar-refractivity contribution in [2.75, 3.05) is 0 Å². The Balaban J connectivity index is 2.41. The molecule has 0 aliphatic carbocycles. The molecule has 0 N–H and O–H groups in total. The molecular weight excluding hydrogens is 398 g/mol. The summed E-state index contributed by atoms with van der Waals surface area (Å²) in [5.74, 6) is -1.01. The van der Waals surface area contributed by atoms with Gasteiger partial charge in [-0.15, -0.1) is 9.36 Å². The minimum Gasteiger partial charge on any atom is -0.161 e. The molecular formula is C16H10Cl3F3N3+. The van der Waals surface area contributed by atoms with Crippen molar-refractivity contribution in [1.29, 1.82) is 0 Å². The number of alkyl halides is 3. The lowest BCUT2D eigenvalue weighted by Crippen LogP contribution is -2.44. The Morgan fingerprint density at radius 2 is 1.56 bits per heavy atom. The van der Waals surface area contributed by atoms with Crippen LogP contribution in [0.5, 0.6) is 0 Å². The quantitative estimate of drug-likeness (QED) is 0.519. The summed E-state index contributed by atoms with van der Waals surface area (Å²) in [6.07, 6.45) is -4.67. The van der Waals surface area contributed by atoms with Gasteiger partial charge in [0.15, 0.2) is 5.69 Å². The van der Waals surface area contributed by atoms with Gasteiger partial charge in [-0.05, 0) is 29.2 Å². The Kier molecular flexibility index (Phi) is 4.70. The first-order chi connectivity index (χ1) is 11.7. The van der Waals surface area contributed by atoms with E-state index < -0.39 is 12.0 Å². The number of benzene rings is 2. The Morgan fingerprint density at radius 3 is 2.08 bits per heavy atom. The maximum atomic E-state index is 13.5. The summed E-state index contributed by atoms with van der Waals surface area (Å²) in [7, 11) is 0. The first kappa shape index (κ1) is 18.0. The van der Waals surface area contributed by atoms with Crippen LogP contribution in [0.15, 0.2) is 42.5 Å². The Hall–Kier alpha value is -1.76. The third-order valence-electron chi connectivity index (χ3n) is 3.42. The fraction of sp³-hybridized carbons (Fsp3) is 0.125. The number of aryl methyl sites for hydroxylation is 1. The molecule has 0 aliphatic heterocycles. The van der Waals surface area contributed by atoms with Gasteiger partial charge in [0.2, 0.25) is 0 Å². The highest BCUT2D eigenvalue weighted by Crippen LogP contribution is 2.33. The van der Waals surface area contributed by atoms with E-state index in [0.717, 1.165) is 4.68 Å². The third kappa shape index (κ3) is 3.34. The minimum absolute atomic E-state index is 0.0716. The summed E-state index contributed by atoms with van der Waals surface area (Å²) in [6.45, 7) is 1.44. The Bertz CT molecular complexity index is 914. The molecule has 0 radical (unpaired) electrons. The highest BCUT2D eigenvalue weighted by molar-refractivity contribution is 6.40. The monoisotopic (exact) mass is 406 g/mol. The lowest BCUT2D eigenvalue weighted by atomic mass is 10.3. The van der Waals surface area contributed by atoms with Gasteiger partial charge in [-0.1, -0.05) is 53.0 Å².